The summed E-state index contributed by atoms with van der Waals surface area (Å²) in [5, 5.41) is 2.77. The SMILES string of the molecule is CCOC(=O)c1ccccc1NC(=O)C1CC(=O)N(c2ccc(Br)cc2)C1. The monoisotopic (exact) mass is 430 g/mol. The molecule has 0 aliphatic carbocycles. The normalized spacial score (nSPS) is 16.3. The Morgan fingerprint density at radius 3 is 2.59 bits per heavy atom. The molecule has 27 heavy (non-hydrogen) atoms. The number of para-hydroxylation sites is 1. The van der Waals surface area contributed by atoms with Crippen LogP contribution in [-0.4, -0.2) is 30.9 Å². The van der Waals surface area contributed by atoms with E-state index in [0.717, 1.165) is 10.2 Å². The molecule has 7 heteroatoms. The topological polar surface area (TPSA) is 75.7 Å². The Labute approximate surface area is 165 Å². The molecule has 0 saturated carbocycles. The second kappa shape index (κ2) is 8.35. The molecule has 140 valence electrons. The van der Waals surface area contributed by atoms with Gasteiger partial charge in [-0.2, -0.15) is 0 Å². The fraction of sp³-hybridized carbons (Fsp3) is 0.250. The molecule has 0 spiro atoms. The summed E-state index contributed by atoms with van der Waals surface area (Å²) in [4.78, 5) is 38.7. The maximum absolute atomic E-state index is 12.7. The molecular formula is C20H19BrN2O4. The lowest BCUT2D eigenvalue weighted by Crippen LogP contribution is -2.28. The molecule has 1 aliphatic rings. The van der Waals surface area contributed by atoms with Crippen molar-refractivity contribution in [2.45, 2.75) is 13.3 Å². The number of anilines is 2. The predicted molar refractivity (Wildman–Crippen MR) is 106 cm³/mol. The van der Waals surface area contributed by atoms with Crippen LogP contribution >= 0.6 is 15.9 Å². The zero-order chi connectivity index (χ0) is 19.4. The van der Waals surface area contributed by atoms with Crippen LogP contribution in [-0.2, 0) is 14.3 Å². The third kappa shape index (κ3) is 4.36. The Bertz CT molecular complexity index is 867. The molecule has 2 aromatic rings. The van der Waals surface area contributed by atoms with E-state index in [1.54, 1.807) is 36.1 Å². The van der Waals surface area contributed by atoms with E-state index in [0.29, 0.717) is 17.8 Å². The highest BCUT2D eigenvalue weighted by Gasteiger charge is 2.35. The van der Waals surface area contributed by atoms with E-state index in [4.69, 9.17) is 4.74 Å². The number of hydrogen-bond acceptors (Lipinski definition) is 4. The van der Waals surface area contributed by atoms with Crippen molar-refractivity contribution in [3.63, 3.8) is 0 Å². The summed E-state index contributed by atoms with van der Waals surface area (Å²) in [6.07, 6.45) is 0.128. The van der Waals surface area contributed by atoms with Gasteiger partial charge in [0.1, 0.15) is 0 Å². The van der Waals surface area contributed by atoms with Crippen molar-refractivity contribution in [3.8, 4) is 0 Å². The van der Waals surface area contributed by atoms with Gasteiger partial charge >= 0.3 is 5.97 Å². The summed E-state index contributed by atoms with van der Waals surface area (Å²) >= 11 is 3.37. The molecule has 1 atom stereocenters. The van der Waals surface area contributed by atoms with Crippen molar-refractivity contribution in [1.29, 1.82) is 0 Å². The molecule has 2 amide bonds. The van der Waals surface area contributed by atoms with Crippen molar-refractivity contribution >= 4 is 45.1 Å². The summed E-state index contributed by atoms with van der Waals surface area (Å²) in [7, 11) is 0. The van der Waals surface area contributed by atoms with Gasteiger partial charge in [0.05, 0.1) is 23.8 Å². The van der Waals surface area contributed by atoms with Crippen LogP contribution in [0.3, 0.4) is 0 Å². The van der Waals surface area contributed by atoms with Crippen LogP contribution in [0.4, 0.5) is 11.4 Å². The third-order valence-corrected chi connectivity index (χ3v) is 4.84. The summed E-state index contributed by atoms with van der Waals surface area (Å²) < 4.78 is 5.94. The van der Waals surface area contributed by atoms with Crippen LogP contribution in [0.25, 0.3) is 0 Å². The molecule has 1 N–H and O–H groups in total. The molecule has 6 nitrogen and oxygen atoms in total. The van der Waals surface area contributed by atoms with E-state index in [1.807, 2.05) is 24.3 Å². The van der Waals surface area contributed by atoms with Crippen molar-refractivity contribution in [2.24, 2.45) is 5.92 Å². The average molecular weight is 431 g/mol. The van der Waals surface area contributed by atoms with Gasteiger partial charge in [-0.15, -0.1) is 0 Å². The first-order valence-electron chi connectivity index (χ1n) is 8.62. The molecule has 1 fully saturated rings. The van der Waals surface area contributed by atoms with E-state index in [-0.39, 0.29) is 24.8 Å². The minimum atomic E-state index is -0.493. The molecule has 1 saturated heterocycles. The van der Waals surface area contributed by atoms with Gasteiger partial charge in [0.25, 0.3) is 0 Å². The number of carbonyl (C=O) groups excluding carboxylic acids is 3. The Kier molecular flexibility index (Phi) is 5.91. The maximum atomic E-state index is 12.7. The average Bonchev–Trinajstić information content (AvgIpc) is 3.05. The second-order valence-electron chi connectivity index (χ2n) is 6.14. The van der Waals surface area contributed by atoms with Gasteiger partial charge in [-0.25, -0.2) is 4.79 Å². The molecule has 1 aliphatic heterocycles. The van der Waals surface area contributed by atoms with Crippen LogP contribution in [0.2, 0.25) is 0 Å². The fourth-order valence-corrected chi connectivity index (χ4v) is 3.23. The zero-order valence-electron chi connectivity index (χ0n) is 14.8. The smallest absolute Gasteiger partial charge is 0.340 e. The highest BCUT2D eigenvalue weighted by molar-refractivity contribution is 9.10. The fourth-order valence-electron chi connectivity index (χ4n) is 2.97. The van der Waals surface area contributed by atoms with Crippen LogP contribution in [0, 0.1) is 5.92 Å². The molecule has 1 unspecified atom stereocenters. The number of rotatable bonds is 5. The van der Waals surface area contributed by atoms with Gasteiger partial charge in [0.15, 0.2) is 0 Å². The maximum Gasteiger partial charge on any atom is 0.340 e. The first-order chi connectivity index (χ1) is 13.0. The predicted octanol–water partition coefficient (Wildman–Crippen LogP) is 3.62. The first kappa shape index (κ1) is 19.1. The van der Waals surface area contributed by atoms with Gasteiger partial charge in [-0.3, -0.25) is 9.59 Å². The zero-order valence-corrected chi connectivity index (χ0v) is 16.4. The quantitative estimate of drug-likeness (QED) is 0.734. The molecule has 0 radical (unpaired) electrons. The summed E-state index contributed by atoms with van der Waals surface area (Å²) in [6, 6.07) is 14.0. The number of esters is 1. The third-order valence-electron chi connectivity index (χ3n) is 4.31. The minimum absolute atomic E-state index is 0.101. The first-order valence-corrected chi connectivity index (χ1v) is 9.42. The highest BCUT2D eigenvalue weighted by Crippen LogP contribution is 2.27. The molecule has 3 rings (SSSR count). The number of nitrogens with one attached hydrogen (secondary N) is 1. The van der Waals surface area contributed by atoms with Crippen LogP contribution < -0.4 is 10.2 Å². The molecule has 0 bridgehead atoms. The number of amides is 2. The van der Waals surface area contributed by atoms with E-state index in [2.05, 4.69) is 21.2 Å². The van der Waals surface area contributed by atoms with Gasteiger partial charge in [0, 0.05) is 23.1 Å². The van der Waals surface area contributed by atoms with Crippen molar-refractivity contribution < 1.29 is 19.1 Å². The Balaban J connectivity index is 1.72. The standard InChI is InChI=1S/C20H19BrN2O4/c1-2-27-20(26)16-5-3-4-6-17(16)22-19(25)13-11-18(24)23(12-13)15-9-7-14(21)8-10-15/h3-10,13H,2,11-12H2,1H3,(H,22,25). The molecule has 0 aromatic heterocycles. The van der Waals surface area contributed by atoms with Gasteiger partial charge in [-0.05, 0) is 43.3 Å². The van der Waals surface area contributed by atoms with Crippen molar-refractivity contribution in [2.75, 3.05) is 23.4 Å². The Morgan fingerprint density at radius 1 is 1.19 bits per heavy atom. The number of carbonyl (C=O) groups is 3. The van der Waals surface area contributed by atoms with E-state index in [9.17, 15) is 14.4 Å². The van der Waals surface area contributed by atoms with E-state index < -0.39 is 11.9 Å². The number of halogens is 1. The lowest BCUT2D eigenvalue weighted by atomic mass is 10.1. The number of ether oxygens (including phenoxy) is 1. The number of nitrogens with zero attached hydrogens (tertiary/aromatic N) is 1. The van der Waals surface area contributed by atoms with Crippen LogP contribution in [0.1, 0.15) is 23.7 Å². The van der Waals surface area contributed by atoms with E-state index in [1.165, 1.54) is 0 Å². The van der Waals surface area contributed by atoms with Crippen LogP contribution in [0.15, 0.2) is 53.0 Å². The summed E-state index contributed by atoms with van der Waals surface area (Å²) in [5.41, 5.74) is 1.43. The van der Waals surface area contributed by atoms with Gasteiger partial charge in [0.2, 0.25) is 11.8 Å². The van der Waals surface area contributed by atoms with Gasteiger partial charge < -0.3 is 15.0 Å². The Morgan fingerprint density at radius 2 is 1.89 bits per heavy atom. The highest BCUT2D eigenvalue weighted by atomic mass is 79.9. The largest absolute Gasteiger partial charge is 0.462 e. The second-order valence-corrected chi connectivity index (χ2v) is 7.05. The lowest BCUT2D eigenvalue weighted by molar-refractivity contribution is -0.122. The van der Waals surface area contributed by atoms with Crippen LogP contribution in [0.5, 0.6) is 0 Å². The summed E-state index contributed by atoms with van der Waals surface area (Å²) in [5.74, 6) is -1.38. The van der Waals surface area contributed by atoms with E-state index >= 15 is 0 Å². The lowest BCUT2D eigenvalue weighted by Gasteiger charge is -2.17. The van der Waals surface area contributed by atoms with Crippen molar-refractivity contribution in [1.82, 2.24) is 0 Å². The summed E-state index contributed by atoms with van der Waals surface area (Å²) in [6.45, 7) is 2.27. The molecule has 2 aromatic carbocycles. The minimum Gasteiger partial charge on any atom is -0.462 e. The van der Waals surface area contributed by atoms with Crippen molar-refractivity contribution in [3.05, 3.63) is 58.6 Å². The Hall–Kier alpha value is -2.67. The molecular weight excluding hydrogens is 412 g/mol. The number of benzene rings is 2. The number of hydrogen-bond donors (Lipinski definition) is 1. The molecule has 1 heterocycles. The van der Waals surface area contributed by atoms with Gasteiger partial charge in [-0.1, -0.05) is 28.1 Å².